The van der Waals surface area contributed by atoms with Crippen LogP contribution in [0.1, 0.15) is 61.1 Å². The third kappa shape index (κ3) is 7.48. The summed E-state index contributed by atoms with van der Waals surface area (Å²) >= 11 is 6.64. The summed E-state index contributed by atoms with van der Waals surface area (Å²) in [4.78, 5) is 23.9. The van der Waals surface area contributed by atoms with Gasteiger partial charge in [-0.05, 0) is 67.6 Å². The number of hydrogen-bond acceptors (Lipinski definition) is 8. The minimum atomic E-state index is -3.82. The molecule has 0 amide bonds. The van der Waals surface area contributed by atoms with Gasteiger partial charge in [-0.1, -0.05) is 11.6 Å². The Bertz CT molecular complexity index is 2230. The van der Waals surface area contributed by atoms with E-state index >= 15 is 0 Å². The Balaban J connectivity index is 1.59. The molecule has 266 valence electrons. The Morgan fingerprint density at radius 3 is 2.46 bits per heavy atom. The average Bonchev–Trinajstić information content (AvgIpc) is 3.38. The van der Waals surface area contributed by atoms with E-state index in [1.165, 1.54) is 28.5 Å². The number of rotatable bonds is 11. The summed E-state index contributed by atoms with van der Waals surface area (Å²) in [5.41, 5.74) is 7.30. The molecule has 17 heteroatoms. The average molecular weight is 736 g/mol. The van der Waals surface area contributed by atoms with Crippen molar-refractivity contribution in [3.05, 3.63) is 86.6 Å². The molecule has 6 rings (SSSR count). The molecule has 3 aromatic heterocycles. The first-order valence-electron chi connectivity index (χ1n) is 15.8. The van der Waals surface area contributed by atoms with Crippen LogP contribution in [0.5, 0.6) is 0 Å². The van der Waals surface area contributed by atoms with E-state index in [0.29, 0.717) is 18.7 Å². The number of fused-ring (bicyclic) bond motifs is 2. The van der Waals surface area contributed by atoms with Gasteiger partial charge in [-0.25, -0.2) is 35.9 Å². The van der Waals surface area contributed by atoms with Crippen molar-refractivity contribution in [1.29, 1.82) is 0 Å². The molecule has 3 N–H and O–H groups in total. The van der Waals surface area contributed by atoms with Gasteiger partial charge in [0.05, 0.1) is 39.3 Å². The fourth-order valence-corrected chi connectivity index (χ4v) is 7.16. The fourth-order valence-electron chi connectivity index (χ4n) is 6.43. The summed E-state index contributed by atoms with van der Waals surface area (Å²) in [7, 11) is -2.29. The van der Waals surface area contributed by atoms with E-state index < -0.39 is 39.2 Å². The second-order valence-corrected chi connectivity index (χ2v) is 14.7. The van der Waals surface area contributed by atoms with Crippen molar-refractivity contribution in [2.24, 2.45) is 5.73 Å². The highest BCUT2D eigenvalue weighted by molar-refractivity contribution is 7.92. The lowest BCUT2D eigenvalue weighted by Gasteiger charge is -2.28. The molecule has 0 bridgehead atoms. The monoisotopic (exact) mass is 735 g/mol. The quantitative estimate of drug-likeness (QED) is 0.124. The van der Waals surface area contributed by atoms with Crippen LogP contribution in [-0.4, -0.2) is 58.6 Å². The van der Waals surface area contributed by atoms with Crippen LogP contribution in [0.2, 0.25) is 5.02 Å². The lowest BCUT2D eigenvalue weighted by atomic mass is 9.84. The van der Waals surface area contributed by atoms with Gasteiger partial charge in [0.2, 0.25) is 15.9 Å². The van der Waals surface area contributed by atoms with E-state index in [1.807, 2.05) is 0 Å². The SMILES string of the molecule is COCCCn1nc(NS(C)(=O)=O)c2c(Cl)ccc(-n3c([C@@H](N)Cc4cc(F)cc(F)c4)nc4nc(C5CCC(F)(F)CC5)ccc4c3=O)c21. The van der Waals surface area contributed by atoms with Crippen molar-refractivity contribution in [3.8, 4) is 5.69 Å². The van der Waals surface area contributed by atoms with Gasteiger partial charge >= 0.3 is 0 Å². The standard InChI is InChI=1S/C33H34ClF4N7O4S/c1-49-13-3-12-44-28-26(7-5-23(34)27(28)30(42-44)43-50(2,47)48)45-31(24(39)16-18-14-20(35)17-21(36)15-18)41-29-22(32(45)46)4-6-25(40-29)19-8-10-33(37,38)11-9-19/h4-7,14-15,17,19,24H,3,8-13,16,39H2,1-2H3,(H,42,43)/t24-/m0/s1. The van der Waals surface area contributed by atoms with Crippen molar-refractivity contribution >= 4 is 49.4 Å². The number of ether oxygens (including phenoxy) is 1. The van der Waals surface area contributed by atoms with E-state index in [-0.39, 0.29) is 94.4 Å². The van der Waals surface area contributed by atoms with Crippen LogP contribution in [0.25, 0.3) is 27.6 Å². The number of methoxy groups -OCH3 is 1. The van der Waals surface area contributed by atoms with E-state index in [9.17, 15) is 30.8 Å². The summed E-state index contributed by atoms with van der Waals surface area (Å²) < 4.78 is 91.2. The van der Waals surface area contributed by atoms with Gasteiger partial charge in [0.1, 0.15) is 17.5 Å². The molecule has 1 saturated carbocycles. The largest absolute Gasteiger partial charge is 0.385 e. The van der Waals surface area contributed by atoms with E-state index in [2.05, 4.69) is 14.8 Å². The van der Waals surface area contributed by atoms with Gasteiger partial charge in [0, 0.05) is 50.8 Å². The van der Waals surface area contributed by atoms with Crippen molar-refractivity contribution in [3.63, 3.8) is 0 Å². The first-order valence-corrected chi connectivity index (χ1v) is 18.1. The van der Waals surface area contributed by atoms with Crippen LogP contribution >= 0.6 is 11.6 Å². The molecule has 3 heterocycles. The first-order chi connectivity index (χ1) is 23.6. The van der Waals surface area contributed by atoms with E-state index in [1.54, 1.807) is 12.1 Å². The Morgan fingerprint density at radius 2 is 1.80 bits per heavy atom. The Morgan fingerprint density at radius 1 is 1.10 bits per heavy atom. The van der Waals surface area contributed by atoms with Crippen molar-refractivity contribution < 1.29 is 30.7 Å². The Kier molecular flexibility index (Phi) is 9.92. The zero-order valence-corrected chi connectivity index (χ0v) is 28.7. The van der Waals surface area contributed by atoms with Crippen LogP contribution in [0.15, 0.2) is 47.3 Å². The van der Waals surface area contributed by atoms with Crippen molar-refractivity contribution in [1.82, 2.24) is 24.3 Å². The van der Waals surface area contributed by atoms with Crippen LogP contribution in [0.4, 0.5) is 23.4 Å². The molecule has 11 nitrogen and oxygen atoms in total. The van der Waals surface area contributed by atoms with Crippen molar-refractivity contribution in [2.45, 2.75) is 63.0 Å². The number of halogens is 5. The molecule has 50 heavy (non-hydrogen) atoms. The number of sulfonamides is 1. The molecule has 0 aliphatic heterocycles. The summed E-state index contributed by atoms with van der Waals surface area (Å²) in [6.45, 7) is 0.574. The predicted molar refractivity (Wildman–Crippen MR) is 182 cm³/mol. The summed E-state index contributed by atoms with van der Waals surface area (Å²) in [5, 5.41) is 4.92. The smallest absolute Gasteiger partial charge is 0.267 e. The number of anilines is 1. The van der Waals surface area contributed by atoms with Gasteiger partial charge < -0.3 is 10.5 Å². The van der Waals surface area contributed by atoms with Crippen LogP contribution in [0.3, 0.4) is 0 Å². The molecular formula is C33H34ClF4N7O4S. The van der Waals surface area contributed by atoms with Crippen LogP contribution in [-0.2, 0) is 27.7 Å². The van der Waals surface area contributed by atoms with Crippen LogP contribution < -0.4 is 16.0 Å². The number of hydrogen-bond donors (Lipinski definition) is 2. The molecule has 1 atom stereocenters. The summed E-state index contributed by atoms with van der Waals surface area (Å²) in [6.07, 6.45) is 1.12. The van der Waals surface area contributed by atoms with E-state index in [4.69, 9.17) is 27.1 Å². The number of pyridine rings is 1. The highest BCUT2D eigenvalue weighted by Crippen LogP contribution is 2.41. The number of nitrogens with zero attached hydrogens (tertiary/aromatic N) is 5. The fraction of sp³-hybridized carbons (Fsp3) is 0.394. The molecule has 1 aliphatic carbocycles. The lowest BCUT2D eigenvalue weighted by Crippen LogP contribution is -2.30. The van der Waals surface area contributed by atoms with Crippen LogP contribution in [0, 0.1) is 11.6 Å². The van der Waals surface area contributed by atoms with Gasteiger partial charge in [-0.2, -0.15) is 5.10 Å². The maximum atomic E-state index is 14.5. The molecular weight excluding hydrogens is 702 g/mol. The maximum Gasteiger partial charge on any atom is 0.267 e. The molecule has 0 spiro atoms. The number of aromatic nitrogens is 5. The topological polar surface area (TPSA) is 147 Å². The number of alkyl halides is 2. The number of nitrogens with two attached hydrogens (primary N) is 1. The lowest BCUT2D eigenvalue weighted by molar-refractivity contribution is -0.0384. The second-order valence-electron chi connectivity index (χ2n) is 12.5. The summed E-state index contributed by atoms with van der Waals surface area (Å²) in [5.74, 6) is -4.74. The minimum Gasteiger partial charge on any atom is -0.385 e. The first kappa shape index (κ1) is 35.7. The molecule has 1 aliphatic rings. The number of nitrogens with one attached hydrogen (secondary N) is 1. The van der Waals surface area contributed by atoms with Gasteiger partial charge in [0.15, 0.2) is 11.5 Å². The molecule has 5 aromatic rings. The molecule has 0 saturated heterocycles. The Hall–Kier alpha value is -4.12. The Labute approximate surface area is 289 Å². The minimum absolute atomic E-state index is 0.0233. The van der Waals surface area contributed by atoms with Gasteiger partial charge in [-0.15, -0.1) is 0 Å². The highest BCUT2D eigenvalue weighted by atomic mass is 35.5. The summed E-state index contributed by atoms with van der Waals surface area (Å²) in [6, 6.07) is 8.01. The van der Waals surface area contributed by atoms with E-state index in [0.717, 1.165) is 24.5 Å². The zero-order valence-electron chi connectivity index (χ0n) is 27.1. The normalized spacial score (nSPS) is 15.9. The zero-order chi connectivity index (χ0) is 36.0. The molecule has 0 unspecified atom stereocenters. The predicted octanol–water partition coefficient (Wildman–Crippen LogP) is 6.01. The second kappa shape index (κ2) is 13.9. The van der Waals surface area contributed by atoms with Crippen molar-refractivity contribution in [2.75, 3.05) is 24.7 Å². The number of benzene rings is 2. The molecule has 2 aromatic carbocycles. The van der Waals surface area contributed by atoms with Gasteiger partial charge in [0.25, 0.3) is 5.56 Å². The van der Waals surface area contributed by atoms with Gasteiger partial charge in [-0.3, -0.25) is 18.8 Å². The molecule has 1 fully saturated rings. The molecule has 0 radical (unpaired) electrons. The third-order valence-corrected chi connectivity index (χ3v) is 9.57. The number of aryl methyl sites for hydroxylation is 1. The third-order valence-electron chi connectivity index (χ3n) is 8.69. The highest BCUT2D eigenvalue weighted by Gasteiger charge is 2.36. The maximum absolute atomic E-state index is 14.5.